The highest BCUT2D eigenvalue weighted by Gasteiger charge is 2.19. The van der Waals surface area contributed by atoms with Gasteiger partial charge in [0.25, 0.3) is 0 Å². The molecule has 35 heavy (non-hydrogen) atoms. The van der Waals surface area contributed by atoms with E-state index in [1.807, 2.05) is 42.5 Å². The van der Waals surface area contributed by atoms with Crippen molar-refractivity contribution in [3.05, 3.63) is 121 Å². The second-order valence-electron chi connectivity index (χ2n) is 8.68. The number of hydrogen-bond acceptors (Lipinski definition) is 3. The molecular weight excluding hydrogens is 428 g/mol. The number of fused-ring (bicyclic) bond motifs is 4. The van der Waals surface area contributed by atoms with Crippen molar-refractivity contribution in [3.8, 4) is 33.8 Å². The summed E-state index contributed by atoms with van der Waals surface area (Å²) in [5.41, 5.74) is 7.44. The molecule has 0 unspecified atom stereocenters. The Morgan fingerprint density at radius 3 is 1.89 bits per heavy atom. The fraction of sp³-hybridized carbons (Fsp3) is 0. The first-order valence-corrected chi connectivity index (χ1v) is 11.7. The maximum absolute atomic E-state index is 6.46. The summed E-state index contributed by atoms with van der Waals surface area (Å²) < 4.78 is 6.46. The van der Waals surface area contributed by atoms with E-state index < -0.39 is 0 Å². The molecule has 0 aliphatic heterocycles. The van der Waals surface area contributed by atoms with Crippen molar-refractivity contribution in [2.24, 2.45) is 0 Å². The molecule has 0 N–H and O–H groups in total. The molecule has 0 saturated heterocycles. The van der Waals surface area contributed by atoms with E-state index in [4.69, 9.17) is 14.4 Å². The van der Waals surface area contributed by atoms with Gasteiger partial charge in [-0.2, -0.15) is 0 Å². The molecule has 0 spiro atoms. The van der Waals surface area contributed by atoms with E-state index in [2.05, 4.69) is 78.9 Å². The van der Waals surface area contributed by atoms with Gasteiger partial charge in [-0.1, -0.05) is 103 Å². The lowest BCUT2D eigenvalue weighted by atomic mass is 10.0. The summed E-state index contributed by atoms with van der Waals surface area (Å²) in [6.07, 6.45) is 0. The Labute approximate surface area is 202 Å². The van der Waals surface area contributed by atoms with Gasteiger partial charge in [-0.05, 0) is 40.1 Å². The van der Waals surface area contributed by atoms with Gasteiger partial charge >= 0.3 is 0 Å². The van der Waals surface area contributed by atoms with E-state index in [0.717, 1.165) is 49.6 Å². The fourth-order valence-corrected chi connectivity index (χ4v) is 4.72. The molecule has 5 aromatic carbocycles. The molecule has 164 valence electrons. The first-order valence-electron chi connectivity index (χ1n) is 11.7. The van der Waals surface area contributed by atoms with E-state index in [1.54, 1.807) is 0 Å². The van der Waals surface area contributed by atoms with Crippen LogP contribution in [0.1, 0.15) is 0 Å². The standard InChI is InChI=1S/C32H20N2O/c1-3-10-21(11-4-1)23-16-9-17-26(18-23)29-31-30(34-32(33-29)22-12-5-2-6-13-22)27-19-24-14-7-8-15-25(24)20-28(27)35-31/h1-20H. The largest absolute Gasteiger partial charge is 0.452 e. The van der Waals surface area contributed by atoms with Crippen molar-refractivity contribution >= 4 is 32.8 Å². The van der Waals surface area contributed by atoms with Gasteiger partial charge in [0.15, 0.2) is 11.4 Å². The van der Waals surface area contributed by atoms with Gasteiger partial charge in [0, 0.05) is 16.5 Å². The molecule has 2 heterocycles. The molecule has 2 aromatic heterocycles. The van der Waals surface area contributed by atoms with E-state index in [1.165, 1.54) is 5.56 Å². The summed E-state index contributed by atoms with van der Waals surface area (Å²) in [5, 5.41) is 3.30. The van der Waals surface area contributed by atoms with Gasteiger partial charge in [0.2, 0.25) is 0 Å². The molecule has 7 rings (SSSR count). The highest BCUT2D eigenvalue weighted by Crippen LogP contribution is 2.38. The quantitative estimate of drug-likeness (QED) is 0.272. The first kappa shape index (κ1) is 19.7. The molecule has 0 atom stereocenters. The fourth-order valence-electron chi connectivity index (χ4n) is 4.72. The Morgan fingerprint density at radius 1 is 0.486 bits per heavy atom. The van der Waals surface area contributed by atoms with Crippen LogP contribution in [0.4, 0.5) is 0 Å². The van der Waals surface area contributed by atoms with Crippen LogP contribution in [0.3, 0.4) is 0 Å². The van der Waals surface area contributed by atoms with Gasteiger partial charge in [-0.25, -0.2) is 9.97 Å². The van der Waals surface area contributed by atoms with Crippen LogP contribution in [0.15, 0.2) is 126 Å². The van der Waals surface area contributed by atoms with Crippen molar-refractivity contribution < 1.29 is 4.42 Å². The second-order valence-corrected chi connectivity index (χ2v) is 8.68. The maximum atomic E-state index is 6.46. The van der Waals surface area contributed by atoms with E-state index in [-0.39, 0.29) is 0 Å². The summed E-state index contributed by atoms with van der Waals surface area (Å²) in [6.45, 7) is 0. The Hall–Kier alpha value is -4.76. The number of benzene rings is 5. The van der Waals surface area contributed by atoms with E-state index in [9.17, 15) is 0 Å². The Morgan fingerprint density at radius 2 is 1.11 bits per heavy atom. The Balaban J connectivity index is 1.54. The van der Waals surface area contributed by atoms with Crippen LogP contribution in [-0.4, -0.2) is 9.97 Å². The van der Waals surface area contributed by atoms with Crippen LogP contribution in [0.5, 0.6) is 0 Å². The van der Waals surface area contributed by atoms with Crippen LogP contribution < -0.4 is 0 Å². The predicted octanol–water partition coefficient (Wildman–Crippen LogP) is 8.53. The third kappa shape index (κ3) is 3.37. The molecule has 0 aliphatic rings. The molecular formula is C32H20N2O. The zero-order valence-corrected chi connectivity index (χ0v) is 18.8. The van der Waals surface area contributed by atoms with E-state index in [0.29, 0.717) is 11.4 Å². The lowest BCUT2D eigenvalue weighted by Crippen LogP contribution is -1.94. The minimum Gasteiger partial charge on any atom is -0.452 e. The second kappa shape index (κ2) is 7.93. The third-order valence-electron chi connectivity index (χ3n) is 6.46. The van der Waals surface area contributed by atoms with Crippen molar-refractivity contribution in [1.29, 1.82) is 0 Å². The molecule has 3 heteroatoms. The van der Waals surface area contributed by atoms with Gasteiger partial charge in [-0.15, -0.1) is 0 Å². The predicted molar refractivity (Wildman–Crippen MR) is 143 cm³/mol. The van der Waals surface area contributed by atoms with Gasteiger partial charge in [0.1, 0.15) is 16.8 Å². The molecule has 0 radical (unpaired) electrons. The zero-order chi connectivity index (χ0) is 23.2. The zero-order valence-electron chi connectivity index (χ0n) is 18.8. The molecule has 0 bridgehead atoms. The third-order valence-corrected chi connectivity index (χ3v) is 6.46. The molecule has 0 amide bonds. The molecule has 7 aromatic rings. The first-order chi connectivity index (χ1) is 17.3. The smallest absolute Gasteiger partial charge is 0.180 e. The summed E-state index contributed by atoms with van der Waals surface area (Å²) in [5.74, 6) is 0.689. The van der Waals surface area contributed by atoms with Gasteiger partial charge in [-0.3, -0.25) is 0 Å². The van der Waals surface area contributed by atoms with Gasteiger partial charge < -0.3 is 4.42 Å². The van der Waals surface area contributed by atoms with Crippen molar-refractivity contribution in [2.45, 2.75) is 0 Å². The molecule has 0 saturated carbocycles. The van der Waals surface area contributed by atoms with Crippen molar-refractivity contribution in [3.63, 3.8) is 0 Å². The highest BCUT2D eigenvalue weighted by molar-refractivity contribution is 6.11. The minimum absolute atomic E-state index is 0.689. The van der Waals surface area contributed by atoms with Crippen LogP contribution in [0.2, 0.25) is 0 Å². The average molecular weight is 449 g/mol. The van der Waals surface area contributed by atoms with Crippen LogP contribution in [0.25, 0.3) is 66.6 Å². The van der Waals surface area contributed by atoms with Crippen molar-refractivity contribution in [2.75, 3.05) is 0 Å². The summed E-state index contributed by atoms with van der Waals surface area (Å²) in [4.78, 5) is 10.0. The van der Waals surface area contributed by atoms with Crippen LogP contribution in [0, 0.1) is 0 Å². The average Bonchev–Trinajstić information content (AvgIpc) is 3.29. The number of nitrogens with zero attached hydrogens (tertiary/aromatic N) is 2. The van der Waals surface area contributed by atoms with Crippen molar-refractivity contribution in [1.82, 2.24) is 9.97 Å². The highest BCUT2D eigenvalue weighted by atomic mass is 16.3. The Kier molecular flexibility index (Phi) is 4.46. The number of hydrogen-bond donors (Lipinski definition) is 0. The Bertz CT molecular complexity index is 1840. The number of furan rings is 1. The number of rotatable bonds is 3. The summed E-state index contributed by atoms with van der Waals surface area (Å²) in [7, 11) is 0. The summed E-state index contributed by atoms with van der Waals surface area (Å²) >= 11 is 0. The maximum Gasteiger partial charge on any atom is 0.180 e. The molecule has 0 fully saturated rings. The lowest BCUT2D eigenvalue weighted by molar-refractivity contribution is 0.668. The van der Waals surface area contributed by atoms with E-state index >= 15 is 0 Å². The minimum atomic E-state index is 0.689. The normalized spacial score (nSPS) is 11.4. The summed E-state index contributed by atoms with van der Waals surface area (Å²) in [6, 6.07) is 41.6. The van der Waals surface area contributed by atoms with Gasteiger partial charge in [0.05, 0.1) is 0 Å². The topological polar surface area (TPSA) is 38.9 Å². The number of aromatic nitrogens is 2. The monoisotopic (exact) mass is 448 g/mol. The SMILES string of the molecule is c1ccc(-c2cccc(-c3nc(-c4ccccc4)nc4c3oc3cc5ccccc5cc34)c2)cc1. The molecule has 3 nitrogen and oxygen atoms in total. The van der Waals surface area contributed by atoms with Crippen LogP contribution in [-0.2, 0) is 0 Å². The van der Waals surface area contributed by atoms with Crippen LogP contribution >= 0.6 is 0 Å². The lowest BCUT2D eigenvalue weighted by Gasteiger charge is -2.08. The molecule has 0 aliphatic carbocycles.